The Morgan fingerprint density at radius 3 is 2.57 bits per heavy atom. The van der Waals surface area contributed by atoms with Crippen LogP contribution in [0.25, 0.3) is 0 Å². The maximum absolute atomic E-state index is 11.4. The summed E-state index contributed by atoms with van der Waals surface area (Å²) in [5.74, 6) is 7.00. The monoisotopic (exact) mass is 284 g/mol. The van der Waals surface area contributed by atoms with Crippen LogP contribution in [0, 0.1) is 17.8 Å². The Balaban J connectivity index is 1.77. The van der Waals surface area contributed by atoms with E-state index in [1.165, 1.54) is 19.3 Å². The van der Waals surface area contributed by atoms with Gasteiger partial charge in [0.15, 0.2) is 0 Å². The van der Waals surface area contributed by atoms with Crippen molar-refractivity contribution in [2.75, 3.05) is 6.61 Å². The van der Waals surface area contributed by atoms with Gasteiger partial charge < -0.3 is 9.47 Å². The third-order valence-corrected chi connectivity index (χ3v) is 4.14. The number of hydrogen-bond donors (Lipinski definition) is 0. The lowest BCUT2D eigenvalue weighted by molar-refractivity contribution is 0.0946. The third-order valence-electron chi connectivity index (χ3n) is 4.14. The highest BCUT2D eigenvalue weighted by Gasteiger charge is 2.41. The predicted molar refractivity (Wildman–Crippen MR) is 79.7 cm³/mol. The van der Waals surface area contributed by atoms with Gasteiger partial charge in [-0.1, -0.05) is 61.4 Å². The van der Waals surface area contributed by atoms with E-state index >= 15 is 0 Å². The van der Waals surface area contributed by atoms with Gasteiger partial charge >= 0.3 is 6.16 Å². The minimum Gasteiger partial charge on any atom is -0.429 e. The Hall–Kier alpha value is -1.95. The van der Waals surface area contributed by atoms with Gasteiger partial charge in [-0.25, -0.2) is 4.79 Å². The van der Waals surface area contributed by atoms with Crippen molar-refractivity contribution >= 4 is 6.16 Å². The predicted octanol–water partition coefficient (Wildman–Crippen LogP) is 3.72. The summed E-state index contributed by atoms with van der Waals surface area (Å²) in [5.41, 5.74) is 0.296. The lowest BCUT2D eigenvalue weighted by atomic mass is 9.88. The maximum atomic E-state index is 11.4. The van der Waals surface area contributed by atoms with Gasteiger partial charge in [0.05, 0.1) is 0 Å². The van der Waals surface area contributed by atoms with Crippen molar-refractivity contribution in [2.45, 2.75) is 44.1 Å². The van der Waals surface area contributed by atoms with Crippen LogP contribution < -0.4 is 0 Å². The molecule has 2 aliphatic rings. The van der Waals surface area contributed by atoms with Gasteiger partial charge in [-0.05, 0) is 18.4 Å². The van der Waals surface area contributed by atoms with Crippen LogP contribution in [-0.2, 0) is 15.9 Å². The summed E-state index contributed by atoms with van der Waals surface area (Å²) in [6.07, 6.45) is 6.10. The van der Waals surface area contributed by atoms with Crippen LogP contribution in [0.3, 0.4) is 0 Å². The molecule has 0 spiro atoms. The van der Waals surface area contributed by atoms with E-state index in [1.807, 2.05) is 30.3 Å². The summed E-state index contributed by atoms with van der Waals surface area (Å²) in [6.45, 7) is 0.223. The molecular formula is C18H20O3. The largest absolute Gasteiger partial charge is 0.510 e. The molecule has 3 rings (SSSR count). The minimum atomic E-state index is -0.810. The average Bonchev–Trinajstić information content (AvgIpc) is 2.89. The molecule has 1 atom stereocenters. The molecule has 1 aromatic rings. The molecule has 0 N–H and O–H groups in total. The lowest BCUT2D eigenvalue weighted by Crippen LogP contribution is -2.33. The van der Waals surface area contributed by atoms with Crippen molar-refractivity contribution in [1.82, 2.24) is 0 Å². The molecule has 0 aromatic heterocycles. The van der Waals surface area contributed by atoms with Crippen molar-refractivity contribution in [3.8, 4) is 11.8 Å². The number of rotatable bonds is 2. The highest BCUT2D eigenvalue weighted by Crippen LogP contribution is 2.27. The van der Waals surface area contributed by atoms with Gasteiger partial charge in [0.25, 0.3) is 0 Å². The zero-order valence-corrected chi connectivity index (χ0v) is 12.1. The van der Waals surface area contributed by atoms with Gasteiger partial charge in [0, 0.05) is 12.3 Å². The smallest absolute Gasteiger partial charge is 0.429 e. The highest BCUT2D eigenvalue weighted by atomic mass is 16.8. The molecule has 1 aliphatic carbocycles. The summed E-state index contributed by atoms with van der Waals surface area (Å²) in [5, 5.41) is 0. The Kier molecular flexibility index (Phi) is 4.15. The van der Waals surface area contributed by atoms with Gasteiger partial charge in [-0.15, -0.1) is 0 Å². The molecule has 2 fully saturated rings. The topological polar surface area (TPSA) is 35.5 Å². The number of carbonyl (C=O) groups is 1. The minimum absolute atomic E-state index is 0.223. The Morgan fingerprint density at radius 2 is 1.90 bits per heavy atom. The van der Waals surface area contributed by atoms with Crippen molar-refractivity contribution in [3.05, 3.63) is 35.9 Å². The molecule has 110 valence electrons. The fourth-order valence-corrected chi connectivity index (χ4v) is 2.99. The second kappa shape index (κ2) is 6.22. The van der Waals surface area contributed by atoms with Crippen LogP contribution >= 0.6 is 0 Å². The molecule has 0 amide bonds. The van der Waals surface area contributed by atoms with Crippen molar-refractivity contribution in [1.29, 1.82) is 0 Å². The van der Waals surface area contributed by atoms with Crippen molar-refractivity contribution in [3.63, 3.8) is 0 Å². The fraction of sp³-hybridized carbons (Fsp3) is 0.500. The molecule has 1 heterocycles. The second-order valence-electron chi connectivity index (χ2n) is 5.90. The average molecular weight is 284 g/mol. The van der Waals surface area contributed by atoms with Crippen LogP contribution in [0.5, 0.6) is 0 Å². The van der Waals surface area contributed by atoms with Gasteiger partial charge in [0.2, 0.25) is 5.60 Å². The number of cyclic esters (lactones) is 2. The molecule has 1 aliphatic heterocycles. The molecule has 3 heteroatoms. The quantitative estimate of drug-likeness (QED) is 0.613. The summed E-state index contributed by atoms with van der Waals surface area (Å²) in [6, 6.07) is 9.98. The normalized spacial score (nSPS) is 25.6. The van der Waals surface area contributed by atoms with Crippen molar-refractivity contribution in [2.24, 2.45) is 5.92 Å². The first-order chi connectivity index (χ1) is 10.3. The zero-order valence-electron chi connectivity index (χ0n) is 12.1. The molecule has 1 saturated heterocycles. The third kappa shape index (κ3) is 3.58. The second-order valence-corrected chi connectivity index (χ2v) is 5.90. The molecule has 1 unspecified atom stereocenters. The SMILES string of the molecule is O=C1OCC(C#CC2CCCCC2)(Cc2ccccc2)O1. The van der Waals surface area contributed by atoms with Crippen LogP contribution in [0.4, 0.5) is 4.79 Å². The number of ether oxygens (including phenoxy) is 2. The molecular weight excluding hydrogens is 264 g/mol. The van der Waals surface area contributed by atoms with Crippen LogP contribution in [0.2, 0.25) is 0 Å². The van der Waals surface area contributed by atoms with E-state index in [4.69, 9.17) is 9.47 Å². The number of hydrogen-bond acceptors (Lipinski definition) is 3. The molecule has 1 saturated carbocycles. The van der Waals surface area contributed by atoms with E-state index < -0.39 is 11.8 Å². The molecule has 3 nitrogen and oxygen atoms in total. The standard InChI is InChI=1S/C18H20O3/c19-17-20-14-18(21-17,13-16-9-5-2-6-10-16)12-11-15-7-3-1-4-8-15/h2,5-6,9-10,15H,1,3-4,7-8,13-14H2. The fourth-order valence-electron chi connectivity index (χ4n) is 2.99. The van der Waals surface area contributed by atoms with Crippen molar-refractivity contribution < 1.29 is 14.3 Å². The zero-order chi connectivity index (χ0) is 14.5. The molecule has 21 heavy (non-hydrogen) atoms. The van der Waals surface area contributed by atoms with Crippen LogP contribution in [0.15, 0.2) is 30.3 Å². The molecule has 0 radical (unpaired) electrons. The van der Waals surface area contributed by atoms with Gasteiger partial charge in [-0.3, -0.25) is 0 Å². The van der Waals surface area contributed by atoms with Crippen LogP contribution in [-0.4, -0.2) is 18.4 Å². The maximum Gasteiger partial charge on any atom is 0.510 e. The van der Waals surface area contributed by atoms with Gasteiger partial charge in [0.1, 0.15) is 6.61 Å². The van der Waals surface area contributed by atoms with E-state index in [-0.39, 0.29) is 6.61 Å². The first-order valence-electron chi connectivity index (χ1n) is 7.68. The van der Waals surface area contributed by atoms with E-state index in [0.29, 0.717) is 12.3 Å². The Labute approximate surface area is 125 Å². The molecule has 1 aromatic carbocycles. The summed E-state index contributed by atoms with van der Waals surface area (Å²) in [4.78, 5) is 11.4. The number of benzene rings is 1. The Morgan fingerprint density at radius 1 is 1.14 bits per heavy atom. The van der Waals surface area contributed by atoms with E-state index in [0.717, 1.165) is 18.4 Å². The van der Waals surface area contributed by atoms with E-state index in [1.54, 1.807) is 0 Å². The van der Waals surface area contributed by atoms with E-state index in [9.17, 15) is 4.79 Å². The molecule has 0 bridgehead atoms. The number of carbonyl (C=O) groups excluding carboxylic acids is 1. The first-order valence-corrected chi connectivity index (χ1v) is 7.68. The van der Waals surface area contributed by atoms with Gasteiger partial charge in [-0.2, -0.15) is 0 Å². The summed E-state index contributed by atoms with van der Waals surface area (Å²) >= 11 is 0. The summed E-state index contributed by atoms with van der Waals surface area (Å²) in [7, 11) is 0. The van der Waals surface area contributed by atoms with Crippen LogP contribution in [0.1, 0.15) is 37.7 Å². The highest BCUT2D eigenvalue weighted by molar-refractivity contribution is 5.64. The Bertz CT molecular complexity index is 549. The summed E-state index contributed by atoms with van der Waals surface area (Å²) < 4.78 is 10.4. The van der Waals surface area contributed by atoms with E-state index in [2.05, 4.69) is 11.8 Å². The first kappa shape index (κ1) is 14.0. The lowest BCUT2D eigenvalue weighted by Gasteiger charge is -2.20.